The van der Waals surface area contributed by atoms with Gasteiger partial charge in [-0.3, -0.25) is 15.6 Å². The number of carbonyl (C=O) groups excluding carboxylic acids is 1. The lowest BCUT2D eigenvalue weighted by atomic mass is 10.2. The molecule has 1 aromatic heterocycles. The van der Waals surface area contributed by atoms with Gasteiger partial charge in [0.25, 0.3) is 5.91 Å². The molecule has 2 aromatic rings. The van der Waals surface area contributed by atoms with Crippen molar-refractivity contribution in [2.75, 3.05) is 7.11 Å². The smallest absolute Gasteiger partial charge is 0.262 e. The van der Waals surface area contributed by atoms with E-state index >= 15 is 0 Å². The summed E-state index contributed by atoms with van der Waals surface area (Å²) in [7, 11) is 1.62. The molecule has 0 unspecified atom stereocenters. The number of carbonyl (C=O) groups is 1. The summed E-state index contributed by atoms with van der Waals surface area (Å²) < 4.78 is 10.2. The molecule has 120 valence electrons. The number of furan rings is 1. The Hall–Kier alpha value is -2.80. The molecular formula is C16H17N3O3S. The van der Waals surface area contributed by atoms with Crippen molar-refractivity contribution in [3.63, 3.8) is 0 Å². The van der Waals surface area contributed by atoms with Crippen molar-refractivity contribution in [3.05, 3.63) is 60.1 Å². The molecule has 0 atom stereocenters. The summed E-state index contributed by atoms with van der Waals surface area (Å²) in [5, 5.41) is 3.30. The first-order valence-corrected chi connectivity index (χ1v) is 7.26. The first-order chi connectivity index (χ1) is 11.2. The second kappa shape index (κ2) is 8.60. The highest BCUT2D eigenvalue weighted by molar-refractivity contribution is 7.80. The molecule has 0 bridgehead atoms. The van der Waals surface area contributed by atoms with Crippen LogP contribution in [-0.2, 0) is 11.3 Å². The van der Waals surface area contributed by atoms with Crippen LogP contribution in [0.25, 0.3) is 6.08 Å². The van der Waals surface area contributed by atoms with Gasteiger partial charge >= 0.3 is 0 Å². The molecule has 7 heteroatoms. The van der Waals surface area contributed by atoms with E-state index in [1.807, 2.05) is 24.3 Å². The standard InChI is InChI=1S/C16H17N3O3S/c1-21-13-6-4-12(5-7-13)11-17-16(23)19-18-15(20)9-8-14-3-2-10-22-14/h2-10H,11H2,1H3,(H,18,20)(H2,17,19,23)/b9-8+. The molecule has 1 heterocycles. The third-order valence-corrected chi connectivity index (χ3v) is 3.10. The fraction of sp³-hybridized carbons (Fsp3) is 0.125. The number of nitrogens with one attached hydrogen (secondary N) is 3. The van der Waals surface area contributed by atoms with Crippen molar-refractivity contribution in [1.29, 1.82) is 0 Å². The van der Waals surface area contributed by atoms with Gasteiger partial charge < -0.3 is 14.5 Å². The Morgan fingerprint density at radius 3 is 2.70 bits per heavy atom. The molecule has 0 aliphatic heterocycles. The van der Waals surface area contributed by atoms with Crippen LogP contribution in [0.5, 0.6) is 5.75 Å². The second-order valence-corrected chi connectivity index (χ2v) is 4.90. The van der Waals surface area contributed by atoms with Crippen molar-refractivity contribution < 1.29 is 13.9 Å². The van der Waals surface area contributed by atoms with Crippen molar-refractivity contribution >= 4 is 29.3 Å². The summed E-state index contributed by atoms with van der Waals surface area (Å²) >= 11 is 5.08. The normalized spacial score (nSPS) is 10.3. The quantitative estimate of drug-likeness (QED) is 0.442. The average Bonchev–Trinajstić information content (AvgIpc) is 3.10. The van der Waals surface area contributed by atoms with Gasteiger partial charge in [0.05, 0.1) is 13.4 Å². The SMILES string of the molecule is COc1ccc(CNC(=S)NNC(=O)/C=C/c2ccco2)cc1. The van der Waals surface area contributed by atoms with Gasteiger partial charge in [-0.15, -0.1) is 0 Å². The molecular weight excluding hydrogens is 314 g/mol. The topological polar surface area (TPSA) is 75.5 Å². The van der Waals surface area contributed by atoms with Crippen LogP contribution in [0.15, 0.2) is 53.2 Å². The molecule has 0 aliphatic rings. The predicted molar refractivity (Wildman–Crippen MR) is 91.5 cm³/mol. The van der Waals surface area contributed by atoms with Crippen molar-refractivity contribution in [1.82, 2.24) is 16.2 Å². The Morgan fingerprint density at radius 1 is 1.26 bits per heavy atom. The molecule has 0 saturated carbocycles. The molecule has 1 amide bonds. The number of methoxy groups -OCH3 is 1. The number of rotatable bonds is 5. The van der Waals surface area contributed by atoms with Crippen LogP contribution in [0, 0.1) is 0 Å². The number of hydrogen-bond acceptors (Lipinski definition) is 4. The molecule has 2 rings (SSSR count). The highest BCUT2D eigenvalue weighted by Crippen LogP contribution is 2.10. The Morgan fingerprint density at radius 2 is 2.04 bits per heavy atom. The summed E-state index contributed by atoms with van der Waals surface area (Å²) in [4.78, 5) is 11.6. The lowest BCUT2D eigenvalue weighted by Crippen LogP contribution is -2.45. The maximum Gasteiger partial charge on any atom is 0.262 e. The second-order valence-electron chi connectivity index (χ2n) is 4.49. The summed E-state index contributed by atoms with van der Waals surface area (Å²) in [6.45, 7) is 0.536. The zero-order chi connectivity index (χ0) is 16.5. The van der Waals surface area contributed by atoms with Crippen LogP contribution < -0.4 is 20.9 Å². The van der Waals surface area contributed by atoms with E-state index in [1.54, 1.807) is 25.3 Å². The number of hydrogen-bond donors (Lipinski definition) is 3. The highest BCUT2D eigenvalue weighted by Gasteiger charge is 1.99. The van der Waals surface area contributed by atoms with Gasteiger partial charge in [0.1, 0.15) is 11.5 Å². The van der Waals surface area contributed by atoms with Crippen LogP contribution in [0.1, 0.15) is 11.3 Å². The van der Waals surface area contributed by atoms with E-state index in [0.29, 0.717) is 17.4 Å². The minimum Gasteiger partial charge on any atom is -0.497 e. The van der Waals surface area contributed by atoms with Crippen LogP contribution in [0.3, 0.4) is 0 Å². The maximum absolute atomic E-state index is 11.6. The number of amides is 1. The van der Waals surface area contributed by atoms with E-state index in [-0.39, 0.29) is 5.91 Å². The molecule has 0 radical (unpaired) electrons. The van der Waals surface area contributed by atoms with E-state index in [9.17, 15) is 4.79 Å². The molecule has 6 nitrogen and oxygen atoms in total. The van der Waals surface area contributed by atoms with Gasteiger partial charge in [-0.1, -0.05) is 12.1 Å². The number of hydrazine groups is 1. The van der Waals surface area contributed by atoms with Gasteiger partial charge in [0, 0.05) is 12.6 Å². The van der Waals surface area contributed by atoms with E-state index in [1.165, 1.54) is 12.3 Å². The van der Waals surface area contributed by atoms with Gasteiger partial charge in [0.2, 0.25) is 0 Å². The number of ether oxygens (including phenoxy) is 1. The van der Waals surface area contributed by atoms with Crippen LogP contribution in [0.2, 0.25) is 0 Å². The Kier molecular flexibility index (Phi) is 6.19. The predicted octanol–water partition coefficient (Wildman–Crippen LogP) is 2.00. The van der Waals surface area contributed by atoms with Crippen LogP contribution in [0.4, 0.5) is 0 Å². The highest BCUT2D eigenvalue weighted by atomic mass is 32.1. The van der Waals surface area contributed by atoms with E-state index in [4.69, 9.17) is 21.4 Å². The largest absolute Gasteiger partial charge is 0.497 e. The fourth-order valence-corrected chi connectivity index (χ4v) is 1.80. The Labute approximate surface area is 139 Å². The van der Waals surface area contributed by atoms with Gasteiger partial charge in [-0.2, -0.15) is 0 Å². The zero-order valence-corrected chi connectivity index (χ0v) is 13.4. The fourth-order valence-electron chi connectivity index (χ4n) is 1.67. The molecule has 0 spiro atoms. The minimum atomic E-state index is -0.338. The number of thiocarbonyl (C=S) groups is 1. The van der Waals surface area contributed by atoms with Gasteiger partial charge in [-0.05, 0) is 48.1 Å². The van der Waals surface area contributed by atoms with E-state index in [2.05, 4.69) is 16.2 Å². The summed E-state index contributed by atoms with van der Waals surface area (Å²) in [6.07, 6.45) is 4.44. The third-order valence-electron chi connectivity index (χ3n) is 2.85. The summed E-state index contributed by atoms with van der Waals surface area (Å²) in [6, 6.07) is 11.1. The minimum absolute atomic E-state index is 0.320. The zero-order valence-electron chi connectivity index (χ0n) is 12.5. The van der Waals surface area contributed by atoms with Gasteiger partial charge in [0.15, 0.2) is 5.11 Å². The molecule has 0 saturated heterocycles. The van der Waals surface area contributed by atoms with Crippen molar-refractivity contribution in [3.8, 4) is 5.75 Å². The van der Waals surface area contributed by atoms with Gasteiger partial charge in [-0.25, -0.2) is 0 Å². The molecule has 23 heavy (non-hydrogen) atoms. The van der Waals surface area contributed by atoms with E-state index < -0.39 is 0 Å². The summed E-state index contributed by atoms with van der Waals surface area (Å²) in [5.74, 6) is 1.06. The first-order valence-electron chi connectivity index (χ1n) is 6.85. The Balaban J connectivity index is 1.69. The van der Waals surface area contributed by atoms with Crippen molar-refractivity contribution in [2.45, 2.75) is 6.54 Å². The molecule has 0 fully saturated rings. The first kappa shape index (κ1) is 16.6. The average molecular weight is 331 g/mol. The Bertz CT molecular complexity index is 666. The molecule has 3 N–H and O–H groups in total. The monoisotopic (exact) mass is 331 g/mol. The lowest BCUT2D eigenvalue weighted by molar-refractivity contribution is -0.116. The molecule has 1 aromatic carbocycles. The summed E-state index contributed by atoms with van der Waals surface area (Å²) in [5.41, 5.74) is 6.12. The molecule has 0 aliphatic carbocycles. The lowest BCUT2D eigenvalue weighted by Gasteiger charge is -2.10. The van der Waals surface area contributed by atoms with Crippen molar-refractivity contribution in [2.24, 2.45) is 0 Å². The van der Waals surface area contributed by atoms with Crippen LogP contribution in [-0.4, -0.2) is 18.1 Å². The van der Waals surface area contributed by atoms with E-state index in [0.717, 1.165) is 11.3 Å². The third kappa shape index (κ3) is 5.84. The van der Waals surface area contributed by atoms with Crippen LogP contribution >= 0.6 is 12.2 Å². The maximum atomic E-state index is 11.6. The number of benzene rings is 1.